The standard InChI is InChI=1S/C12H8Cl2N2O3/c13-9-2-3-10(16(17)18)11(5-9)19-7-8-1-4-12(14)15-6-8/h1-6H,7H2. The molecule has 98 valence electrons. The van der Waals surface area contributed by atoms with Gasteiger partial charge in [-0.15, -0.1) is 0 Å². The molecule has 1 aromatic carbocycles. The topological polar surface area (TPSA) is 65.3 Å². The normalized spacial score (nSPS) is 10.2. The van der Waals surface area contributed by atoms with Crippen LogP contribution in [0, 0.1) is 10.1 Å². The van der Waals surface area contributed by atoms with Gasteiger partial charge in [0.15, 0.2) is 5.75 Å². The van der Waals surface area contributed by atoms with E-state index in [0.29, 0.717) is 10.2 Å². The molecule has 0 saturated heterocycles. The van der Waals surface area contributed by atoms with E-state index in [-0.39, 0.29) is 18.0 Å². The number of halogens is 2. The lowest BCUT2D eigenvalue weighted by molar-refractivity contribution is -0.385. The van der Waals surface area contributed by atoms with E-state index < -0.39 is 4.92 Å². The molecule has 0 bridgehead atoms. The number of rotatable bonds is 4. The van der Waals surface area contributed by atoms with Crippen molar-refractivity contribution in [2.75, 3.05) is 0 Å². The molecule has 1 heterocycles. The molecule has 0 aliphatic heterocycles. The van der Waals surface area contributed by atoms with Gasteiger partial charge < -0.3 is 4.74 Å². The van der Waals surface area contributed by atoms with Crippen LogP contribution in [-0.2, 0) is 6.61 Å². The lowest BCUT2D eigenvalue weighted by atomic mass is 10.3. The predicted octanol–water partition coefficient (Wildman–Crippen LogP) is 3.88. The molecule has 1 aromatic heterocycles. The molecule has 2 aromatic rings. The first-order valence-corrected chi connectivity index (χ1v) is 5.99. The quantitative estimate of drug-likeness (QED) is 0.488. The van der Waals surface area contributed by atoms with Crippen LogP contribution >= 0.6 is 23.2 Å². The lowest BCUT2D eigenvalue weighted by Gasteiger charge is -2.07. The Kier molecular flexibility index (Phi) is 4.19. The molecular weight excluding hydrogens is 291 g/mol. The highest BCUT2D eigenvalue weighted by molar-refractivity contribution is 6.30. The van der Waals surface area contributed by atoms with Crippen molar-refractivity contribution in [1.82, 2.24) is 4.98 Å². The molecule has 0 aliphatic rings. The number of nitro benzene ring substituents is 1. The van der Waals surface area contributed by atoms with Crippen LogP contribution in [-0.4, -0.2) is 9.91 Å². The van der Waals surface area contributed by atoms with E-state index in [2.05, 4.69) is 4.98 Å². The van der Waals surface area contributed by atoms with E-state index in [9.17, 15) is 10.1 Å². The zero-order chi connectivity index (χ0) is 13.8. The fourth-order valence-corrected chi connectivity index (χ4v) is 1.68. The van der Waals surface area contributed by atoms with Crippen molar-refractivity contribution < 1.29 is 9.66 Å². The van der Waals surface area contributed by atoms with Crippen LogP contribution in [0.5, 0.6) is 5.75 Å². The molecule has 0 amide bonds. The zero-order valence-corrected chi connectivity index (χ0v) is 11.1. The number of aromatic nitrogens is 1. The van der Waals surface area contributed by atoms with Crippen molar-refractivity contribution in [3.05, 3.63) is 62.4 Å². The first kappa shape index (κ1) is 13.6. The maximum atomic E-state index is 10.8. The fourth-order valence-electron chi connectivity index (χ4n) is 1.41. The van der Waals surface area contributed by atoms with Gasteiger partial charge in [-0.05, 0) is 12.1 Å². The van der Waals surface area contributed by atoms with Crippen LogP contribution < -0.4 is 4.74 Å². The summed E-state index contributed by atoms with van der Waals surface area (Å²) in [5.41, 5.74) is 0.616. The number of benzene rings is 1. The average Bonchev–Trinajstić information content (AvgIpc) is 2.38. The number of pyridine rings is 1. The second kappa shape index (κ2) is 5.86. The minimum atomic E-state index is -0.522. The molecule has 0 unspecified atom stereocenters. The van der Waals surface area contributed by atoms with Gasteiger partial charge in [0, 0.05) is 28.9 Å². The molecule has 5 nitrogen and oxygen atoms in total. The second-order valence-corrected chi connectivity index (χ2v) is 4.47. The maximum absolute atomic E-state index is 10.8. The van der Waals surface area contributed by atoms with Crippen LogP contribution in [0.2, 0.25) is 10.2 Å². The molecule has 19 heavy (non-hydrogen) atoms. The Morgan fingerprint density at radius 1 is 1.26 bits per heavy atom. The van der Waals surface area contributed by atoms with Crippen LogP contribution in [0.4, 0.5) is 5.69 Å². The van der Waals surface area contributed by atoms with E-state index in [1.165, 1.54) is 18.2 Å². The molecule has 0 N–H and O–H groups in total. The van der Waals surface area contributed by atoms with Gasteiger partial charge in [0.05, 0.1) is 4.92 Å². The van der Waals surface area contributed by atoms with Crippen molar-refractivity contribution in [3.63, 3.8) is 0 Å². The monoisotopic (exact) mass is 298 g/mol. The Hall–Kier alpha value is -1.85. The summed E-state index contributed by atoms with van der Waals surface area (Å²) in [4.78, 5) is 14.2. The molecule has 7 heteroatoms. The Morgan fingerprint density at radius 2 is 2.05 bits per heavy atom. The predicted molar refractivity (Wildman–Crippen MR) is 71.7 cm³/mol. The minimum Gasteiger partial charge on any atom is -0.482 e. The van der Waals surface area contributed by atoms with E-state index in [4.69, 9.17) is 27.9 Å². The maximum Gasteiger partial charge on any atom is 0.311 e. The lowest BCUT2D eigenvalue weighted by Crippen LogP contribution is -1.99. The van der Waals surface area contributed by atoms with Crippen molar-refractivity contribution in [1.29, 1.82) is 0 Å². The second-order valence-electron chi connectivity index (χ2n) is 3.65. The first-order valence-electron chi connectivity index (χ1n) is 5.23. The molecule has 0 radical (unpaired) electrons. The average molecular weight is 299 g/mol. The number of nitrogens with zero attached hydrogens (tertiary/aromatic N) is 2. The van der Waals surface area contributed by atoms with Crippen LogP contribution in [0.3, 0.4) is 0 Å². The van der Waals surface area contributed by atoms with Crippen molar-refractivity contribution in [2.45, 2.75) is 6.61 Å². The van der Waals surface area contributed by atoms with Gasteiger partial charge in [0.25, 0.3) is 0 Å². The Morgan fingerprint density at radius 3 is 2.68 bits per heavy atom. The number of hydrogen-bond acceptors (Lipinski definition) is 4. The van der Waals surface area contributed by atoms with E-state index >= 15 is 0 Å². The summed E-state index contributed by atoms with van der Waals surface area (Å²) in [6.45, 7) is 0.144. The van der Waals surface area contributed by atoms with Gasteiger partial charge in [0.2, 0.25) is 0 Å². The highest BCUT2D eigenvalue weighted by Crippen LogP contribution is 2.30. The van der Waals surface area contributed by atoms with Crippen molar-refractivity contribution in [3.8, 4) is 5.75 Å². The summed E-state index contributed by atoms with van der Waals surface area (Å²) < 4.78 is 5.40. The number of nitro groups is 1. The van der Waals surface area contributed by atoms with Gasteiger partial charge in [-0.3, -0.25) is 10.1 Å². The zero-order valence-electron chi connectivity index (χ0n) is 9.55. The molecule has 2 rings (SSSR count). The van der Waals surface area contributed by atoms with Gasteiger partial charge in [-0.2, -0.15) is 0 Å². The summed E-state index contributed by atoms with van der Waals surface area (Å²) in [5.74, 6) is 0.118. The summed E-state index contributed by atoms with van der Waals surface area (Å²) in [7, 11) is 0. The minimum absolute atomic E-state index is 0.118. The smallest absolute Gasteiger partial charge is 0.311 e. The van der Waals surface area contributed by atoms with E-state index in [1.54, 1.807) is 18.3 Å². The third-order valence-electron chi connectivity index (χ3n) is 2.30. The molecule has 0 fully saturated rings. The van der Waals surface area contributed by atoms with E-state index in [0.717, 1.165) is 5.56 Å². The fraction of sp³-hybridized carbons (Fsp3) is 0.0833. The van der Waals surface area contributed by atoms with Crippen LogP contribution in [0.15, 0.2) is 36.5 Å². The molecule has 0 spiro atoms. The molecular formula is C12H8Cl2N2O3. The summed E-state index contributed by atoms with van der Waals surface area (Å²) in [5, 5.41) is 11.6. The number of ether oxygens (including phenoxy) is 1. The van der Waals surface area contributed by atoms with Crippen LogP contribution in [0.25, 0.3) is 0 Å². The van der Waals surface area contributed by atoms with Gasteiger partial charge in [-0.1, -0.05) is 29.3 Å². The van der Waals surface area contributed by atoms with Crippen LogP contribution in [0.1, 0.15) is 5.56 Å². The summed E-state index contributed by atoms with van der Waals surface area (Å²) in [6, 6.07) is 7.50. The van der Waals surface area contributed by atoms with Crippen molar-refractivity contribution >= 4 is 28.9 Å². The number of hydrogen-bond donors (Lipinski definition) is 0. The Labute approximate surface area is 118 Å². The third-order valence-corrected chi connectivity index (χ3v) is 2.76. The van der Waals surface area contributed by atoms with Gasteiger partial charge in [-0.25, -0.2) is 4.98 Å². The first-order chi connectivity index (χ1) is 9.06. The third kappa shape index (κ3) is 3.56. The molecule has 0 atom stereocenters. The highest BCUT2D eigenvalue weighted by atomic mass is 35.5. The largest absolute Gasteiger partial charge is 0.482 e. The summed E-state index contributed by atoms with van der Waals surface area (Å²) in [6.07, 6.45) is 1.54. The Bertz CT molecular complexity index is 602. The van der Waals surface area contributed by atoms with Crippen molar-refractivity contribution in [2.24, 2.45) is 0 Å². The van der Waals surface area contributed by atoms with Gasteiger partial charge >= 0.3 is 5.69 Å². The highest BCUT2D eigenvalue weighted by Gasteiger charge is 2.15. The summed E-state index contributed by atoms with van der Waals surface area (Å²) >= 11 is 11.4. The SMILES string of the molecule is O=[N+]([O-])c1ccc(Cl)cc1OCc1ccc(Cl)nc1. The molecule has 0 saturated carbocycles. The van der Waals surface area contributed by atoms with E-state index in [1.807, 2.05) is 0 Å². The molecule has 0 aliphatic carbocycles. The van der Waals surface area contributed by atoms with Gasteiger partial charge in [0.1, 0.15) is 11.8 Å². The Balaban J connectivity index is 2.16.